The van der Waals surface area contributed by atoms with Gasteiger partial charge in [0.05, 0.1) is 6.61 Å². The Balaban J connectivity index is 2.66. The predicted octanol–water partition coefficient (Wildman–Crippen LogP) is 0.955. The van der Waals surface area contributed by atoms with Gasteiger partial charge in [-0.15, -0.1) is 0 Å². The maximum atomic E-state index is 5.07. The van der Waals surface area contributed by atoms with E-state index in [2.05, 4.69) is 17.0 Å². The summed E-state index contributed by atoms with van der Waals surface area (Å²) in [7, 11) is 3.57. The minimum absolute atomic E-state index is 0.330. The van der Waals surface area contributed by atoms with E-state index < -0.39 is 0 Å². The first-order valence-electron chi connectivity index (χ1n) is 4.12. The summed E-state index contributed by atoms with van der Waals surface area (Å²) in [4.78, 5) is 4.18. The number of nitrogens with zero attached hydrogens (tertiary/aromatic N) is 3. The van der Waals surface area contributed by atoms with Gasteiger partial charge in [-0.3, -0.25) is 4.68 Å². The first-order chi connectivity index (χ1) is 5.77. The fourth-order valence-corrected chi connectivity index (χ4v) is 1.12. The lowest BCUT2D eigenvalue weighted by molar-refractivity contribution is 0.174. The summed E-state index contributed by atoms with van der Waals surface area (Å²) in [5, 5.41) is 4.23. The molecule has 1 heterocycles. The fraction of sp³-hybridized carbons (Fsp3) is 0.750. The highest BCUT2D eigenvalue weighted by Crippen LogP contribution is 2.14. The van der Waals surface area contributed by atoms with Crippen LogP contribution in [0.3, 0.4) is 0 Å². The van der Waals surface area contributed by atoms with Crippen LogP contribution in [0, 0.1) is 0 Å². The molecule has 4 nitrogen and oxygen atoms in total. The Labute approximate surface area is 72.6 Å². The van der Waals surface area contributed by atoms with Crippen molar-refractivity contribution in [2.75, 3.05) is 13.7 Å². The Bertz CT molecular complexity index is 234. The molecule has 0 aliphatic carbocycles. The molecule has 0 spiro atoms. The highest BCUT2D eigenvalue weighted by molar-refractivity contribution is 4.92. The second-order valence-electron chi connectivity index (χ2n) is 2.84. The number of rotatable bonds is 4. The van der Waals surface area contributed by atoms with E-state index in [0.29, 0.717) is 12.5 Å². The van der Waals surface area contributed by atoms with Crippen molar-refractivity contribution in [3.8, 4) is 0 Å². The summed E-state index contributed by atoms with van der Waals surface area (Å²) < 4.78 is 6.79. The minimum Gasteiger partial charge on any atom is -0.384 e. The molecule has 0 saturated heterocycles. The number of aromatic nitrogens is 3. The second kappa shape index (κ2) is 4.21. The first-order valence-corrected chi connectivity index (χ1v) is 4.12. The van der Waals surface area contributed by atoms with Crippen molar-refractivity contribution in [1.82, 2.24) is 14.8 Å². The Morgan fingerprint density at radius 1 is 1.67 bits per heavy atom. The zero-order chi connectivity index (χ0) is 8.97. The Morgan fingerprint density at radius 3 is 2.83 bits per heavy atom. The normalized spacial score (nSPS) is 13.2. The lowest BCUT2D eigenvalue weighted by Gasteiger charge is -2.08. The van der Waals surface area contributed by atoms with E-state index >= 15 is 0 Å². The monoisotopic (exact) mass is 169 g/mol. The summed E-state index contributed by atoms with van der Waals surface area (Å²) in [6.07, 6.45) is 2.73. The summed E-state index contributed by atoms with van der Waals surface area (Å²) in [5.74, 6) is 1.21. The standard InChI is InChI=1S/C8H15N3O/c1-4-7(5-12-3)8-9-6-11(2)10-8/h6-7H,4-5H2,1-3H3. The van der Waals surface area contributed by atoms with Crippen LogP contribution in [0.2, 0.25) is 0 Å². The molecule has 68 valence electrons. The largest absolute Gasteiger partial charge is 0.384 e. The Kier molecular flexibility index (Phi) is 3.22. The highest BCUT2D eigenvalue weighted by atomic mass is 16.5. The van der Waals surface area contributed by atoms with Crippen molar-refractivity contribution in [2.24, 2.45) is 7.05 Å². The smallest absolute Gasteiger partial charge is 0.155 e. The van der Waals surface area contributed by atoms with Crippen LogP contribution in [0.4, 0.5) is 0 Å². The van der Waals surface area contributed by atoms with Gasteiger partial charge in [0.25, 0.3) is 0 Å². The molecule has 0 fully saturated rings. The van der Waals surface area contributed by atoms with Crippen LogP contribution in [-0.4, -0.2) is 28.5 Å². The van der Waals surface area contributed by atoms with Crippen LogP contribution in [0.5, 0.6) is 0 Å². The number of hydrogen-bond donors (Lipinski definition) is 0. The third kappa shape index (κ3) is 2.04. The molecule has 1 unspecified atom stereocenters. The summed E-state index contributed by atoms with van der Waals surface area (Å²) in [6, 6.07) is 0. The van der Waals surface area contributed by atoms with E-state index in [4.69, 9.17) is 4.74 Å². The molecule has 1 atom stereocenters. The van der Waals surface area contributed by atoms with Crippen molar-refractivity contribution >= 4 is 0 Å². The average Bonchev–Trinajstić information content (AvgIpc) is 2.47. The molecule has 0 aromatic carbocycles. The number of hydrogen-bond acceptors (Lipinski definition) is 3. The molecule has 0 bridgehead atoms. The molecule has 1 aromatic heterocycles. The van der Waals surface area contributed by atoms with Crippen molar-refractivity contribution in [3.05, 3.63) is 12.2 Å². The van der Waals surface area contributed by atoms with Crippen molar-refractivity contribution in [3.63, 3.8) is 0 Å². The molecule has 4 heteroatoms. The molecule has 0 N–H and O–H groups in total. The molecule has 0 aliphatic heterocycles. The van der Waals surface area contributed by atoms with Gasteiger partial charge in [-0.1, -0.05) is 6.92 Å². The first kappa shape index (κ1) is 9.19. The van der Waals surface area contributed by atoms with Gasteiger partial charge in [0.2, 0.25) is 0 Å². The molecule has 0 amide bonds. The van der Waals surface area contributed by atoms with Crippen LogP contribution in [0.25, 0.3) is 0 Å². The van der Waals surface area contributed by atoms with Gasteiger partial charge in [0, 0.05) is 20.1 Å². The quantitative estimate of drug-likeness (QED) is 0.674. The van der Waals surface area contributed by atoms with Crippen LogP contribution >= 0.6 is 0 Å². The third-order valence-corrected chi connectivity index (χ3v) is 1.84. The lowest BCUT2D eigenvalue weighted by atomic mass is 10.1. The summed E-state index contributed by atoms with van der Waals surface area (Å²) >= 11 is 0. The zero-order valence-corrected chi connectivity index (χ0v) is 7.82. The van der Waals surface area contributed by atoms with Crippen LogP contribution in [0.1, 0.15) is 25.1 Å². The molecule has 12 heavy (non-hydrogen) atoms. The number of aryl methyl sites for hydroxylation is 1. The SMILES string of the molecule is CCC(COC)c1ncn(C)n1. The maximum Gasteiger partial charge on any atom is 0.155 e. The van der Waals surface area contributed by atoms with Crippen LogP contribution in [-0.2, 0) is 11.8 Å². The minimum atomic E-state index is 0.330. The van der Waals surface area contributed by atoms with E-state index in [0.717, 1.165) is 12.2 Å². The summed E-state index contributed by atoms with van der Waals surface area (Å²) in [6.45, 7) is 2.81. The molecular weight excluding hydrogens is 154 g/mol. The zero-order valence-electron chi connectivity index (χ0n) is 7.82. The average molecular weight is 169 g/mol. The van der Waals surface area contributed by atoms with Gasteiger partial charge >= 0.3 is 0 Å². The van der Waals surface area contributed by atoms with Crippen LogP contribution in [0.15, 0.2) is 6.33 Å². The molecule has 0 saturated carbocycles. The second-order valence-corrected chi connectivity index (χ2v) is 2.84. The predicted molar refractivity (Wildman–Crippen MR) is 45.9 cm³/mol. The van der Waals surface area contributed by atoms with E-state index in [-0.39, 0.29) is 0 Å². The van der Waals surface area contributed by atoms with Gasteiger partial charge in [0.1, 0.15) is 6.33 Å². The van der Waals surface area contributed by atoms with Gasteiger partial charge in [-0.25, -0.2) is 4.98 Å². The van der Waals surface area contributed by atoms with Crippen molar-refractivity contribution in [2.45, 2.75) is 19.3 Å². The number of methoxy groups -OCH3 is 1. The highest BCUT2D eigenvalue weighted by Gasteiger charge is 2.12. The maximum absolute atomic E-state index is 5.07. The molecular formula is C8H15N3O. The molecule has 1 aromatic rings. The fourth-order valence-electron chi connectivity index (χ4n) is 1.12. The lowest BCUT2D eigenvalue weighted by Crippen LogP contribution is -2.07. The Hall–Kier alpha value is -0.900. The Morgan fingerprint density at radius 2 is 2.42 bits per heavy atom. The van der Waals surface area contributed by atoms with E-state index in [9.17, 15) is 0 Å². The van der Waals surface area contributed by atoms with Gasteiger partial charge in [-0.2, -0.15) is 5.10 Å². The molecule has 0 radical (unpaired) electrons. The van der Waals surface area contributed by atoms with Crippen molar-refractivity contribution < 1.29 is 4.74 Å². The third-order valence-electron chi connectivity index (χ3n) is 1.84. The molecule has 1 rings (SSSR count). The van der Waals surface area contributed by atoms with E-state index in [1.807, 2.05) is 7.05 Å². The van der Waals surface area contributed by atoms with Crippen molar-refractivity contribution in [1.29, 1.82) is 0 Å². The van der Waals surface area contributed by atoms with Gasteiger partial charge in [-0.05, 0) is 6.42 Å². The van der Waals surface area contributed by atoms with Gasteiger partial charge in [0.15, 0.2) is 5.82 Å². The summed E-state index contributed by atoms with van der Waals surface area (Å²) in [5.41, 5.74) is 0. The van der Waals surface area contributed by atoms with E-state index in [1.165, 1.54) is 0 Å². The topological polar surface area (TPSA) is 39.9 Å². The van der Waals surface area contributed by atoms with Crippen LogP contribution < -0.4 is 0 Å². The number of ether oxygens (including phenoxy) is 1. The van der Waals surface area contributed by atoms with E-state index in [1.54, 1.807) is 18.1 Å². The van der Waals surface area contributed by atoms with Gasteiger partial charge < -0.3 is 4.74 Å². The molecule has 0 aliphatic rings.